The second kappa shape index (κ2) is 2.66. The Morgan fingerprint density at radius 2 is 2.42 bits per heavy atom. The molecule has 12 heavy (non-hydrogen) atoms. The van der Waals surface area contributed by atoms with Gasteiger partial charge in [-0.1, -0.05) is 17.6 Å². The number of carbonyl (C=O) groups excluding carboxylic acids is 1. The summed E-state index contributed by atoms with van der Waals surface area (Å²) >= 11 is 0. The normalized spacial score (nSPS) is 19.8. The Kier molecular flexibility index (Phi) is 1.64. The molecule has 1 unspecified atom stereocenters. The molecule has 1 aliphatic heterocycles. The quantitative estimate of drug-likeness (QED) is 0.448. The SMILES string of the molecule is Bc1ccc2c(c1)C(C=O)CN2. The van der Waals surface area contributed by atoms with Gasteiger partial charge in [-0.25, -0.2) is 0 Å². The monoisotopic (exact) mass is 159 g/mol. The first kappa shape index (κ1) is 7.41. The van der Waals surface area contributed by atoms with Gasteiger partial charge < -0.3 is 10.1 Å². The molecule has 1 aromatic carbocycles. The van der Waals surface area contributed by atoms with Gasteiger partial charge in [-0.05, 0) is 11.6 Å². The van der Waals surface area contributed by atoms with Crippen molar-refractivity contribution < 1.29 is 4.79 Å². The molecule has 0 aliphatic carbocycles. The first-order valence-corrected chi connectivity index (χ1v) is 4.11. The van der Waals surface area contributed by atoms with Crippen molar-refractivity contribution in [2.75, 3.05) is 11.9 Å². The van der Waals surface area contributed by atoms with E-state index in [1.807, 2.05) is 13.9 Å². The van der Waals surface area contributed by atoms with E-state index in [1.165, 1.54) is 5.46 Å². The van der Waals surface area contributed by atoms with E-state index >= 15 is 0 Å². The van der Waals surface area contributed by atoms with Crippen LogP contribution in [0.1, 0.15) is 11.5 Å². The maximum atomic E-state index is 10.6. The summed E-state index contributed by atoms with van der Waals surface area (Å²) in [6.07, 6.45) is 1.01. The summed E-state index contributed by atoms with van der Waals surface area (Å²) in [5, 5.41) is 3.20. The van der Waals surface area contributed by atoms with Crippen molar-refractivity contribution in [2.24, 2.45) is 0 Å². The number of anilines is 1. The van der Waals surface area contributed by atoms with E-state index in [0.717, 1.165) is 24.1 Å². The topological polar surface area (TPSA) is 29.1 Å². The van der Waals surface area contributed by atoms with E-state index in [0.29, 0.717) is 0 Å². The summed E-state index contributed by atoms with van der Waals surface area (Å²) in [5.41, 5.74) is 3.46. The van der Waals surface area contributed by atoms with Crippen LogP contribution in [0, 0.1) is 0 Å². The van der Waals surface area contributed by atoms with Crippen molar-refractivity contribution in [3.05, 3.63) is 23.8 Å². The highest BCUT2D eigenvalue weighted by Gasteiger charge is 2.20. The van der Waals surface area contributed by atoms with Gasteiger partial charge in [0.05, 0.1) is 5.92 Å². The highest BCUT2D eigenvalue weighted by molar-refractivity contribution is 6.32. The minimum atomic E-state index is 0.0555. The van der Waals surface area contributed by atoms with Gasteiger partial charge in [0, 0.05) is 12.2 Å². The number of fused-ring (bicyclic) bond motifs is 1. The minimum Gasteiger partial charge on any atom is -0.384 e. The molecule has 2 rings (SSSR count). The molecule has 0 bridgehead atoms. The molecule has 0 aromatic heterocycles. The number of hydrogen-bond donors (Lipinski definition) is 1. The van der Waals surface area contributed by atoms with Gasteiger partial charge in [-0.15, -0.1) is 0 Å². The molecule has 1 heterocycles. The van der Waals surface area contributed by atoms with Crippen LogP contribution in [0.5, 0.6) is 0 Å². The predicted molar refractivity (Wildman–Crippen MR) is 51.9 cm³/mol. The van der Waals surface area contributed by atoms with E-state index in [4.69, 9.17) is 0 Å². The summed E-state index contributed by atoms with van der Waals surface area (Å²) < 4.78 is 0. The molecule has 1 atom stereocenters. The van der Waals surface area contributed by atoms with Crippen molar-refractivity contribution >= 4 is 25.3 Å². The average molecular weight is 159 g/mol. The lowest BCUT2D eigenvalue weighted by Crippen LogP contribution is -2.05. The molecule has 0 radical (unpaired) electrons. The molecule has 1 N–H and O–H groups in total. The fourth-order valence-corrected chi connectivity index (χ4v) is 1.60. The number of benzene rings is 1. The Morgan fingerprint density at radius 3 is 3.17 bits per heavy atom. The van der Waals surface area contributed by atoms with Crippen LogP contribution in [0.3, 0.4) is 0 Å². The van der Waals surface area contributed by atoms with Crippen LogP contribution in [0.15, 0.2) is 18.2 Å². The smallest absolute Gasteiger partial charge is 0.139 e. The standard InChI is InChI=1S/C9H10BNO/c10-7-1-2-9-8(3-7)6(5-12)4-11-9/h1-3,5-6,11H,4,10H2. The summed E-state index contributed by atoms with van der Waals surface area (Å²) in [6, 6.07) is 6.17. The van der Waals surface area contributed by atoms with E-state index in [-0.39, 0.29) is 5.92 Å². The predicted octanol–water partition coefficient (Wildman–Crippen LogP) is -0.347. The van der Waals surface area contributed by atoms with Crippen LogP contribution < -0.4 is 10.8 Å². The van der Waals surface area contributed by atoms with E-state index in [2.05, 4.69) is 17.4 Å². The maximum absolute atomic E-state index is 10.6. The number of rotatable bonds is 1. The molecule has 0 saturated carbocycles. The van der Waals surface area contributed by atoms with Crippen molar-refractivity contribution in [3.63, 3.8) is 0 Å². The molecule has 0 fully saturated rings. The Bertz CT molecular complexity index is 324. The molecule has 1 aromatic rings. The van der Waals surface area contributed by atoms with Crippen LogP contribution in [-0.4, -0.2) is 20.7 Å². The van der Waals surface area contributed by atoms with Crippen LogP contribution >= 0.6 is 0 Å². The number of nitrogens with one attached hydrogen (secondary N) is 1. The summed E-state index contributed by atoms with van der Waals surface area (Å²) in [7, 11) is 2.04. The van der Waals surface area contributed by atoms with Crippen molar-refractivity contribution in [1.82, 2.24) is 0 Å². The molecule has 0 amide bonds. The zero-order valence-electron chi connectivity index (χ0n) is 7.00. The third-order valence-corrected chi connectivity index (χ3v) is 2.28. The highest BCUT2D eigenvalue weighted by atomic mass is 16.1. The summed E-state index contributed by atoms with van der Waals surface area (Å²) in [4.78, 5) is 10.6. The second-order valence-corrected chi connectivity index (χ2v) is 3.21. The summed E-state index contributed by atoms with van der Waals surface area (Å²) in [5.74, 6) is 0.0555. The molecule has 3 heteroatoms. The van der Waals surface area contributed by atoms with Crippen molar-refractivity contribution in [3.8, 4) is 0 Å². The Morgan fingerprint density at radius 1 is 1.58 bits per heavy atom. The Balaban J connectivity index is 2.49. The van der Waals surface area contributed by atoms with E-state index in [9.17, 15) is 4.79 Å². The number of carbonyl (C=O) groups is 1. The van der Waals surface area contributed by atoms with Crippen LogP contribution in [0.25, 0.3) is 0 Å². The fraction of sp³-hybridized carbons (Fsp3) is 0.222. The third-order valence-electron chi connectivity index (χ3n) is 2.28. The lowest BCUT2D eigenvalue weighted by atomic mass is 9.91. The van der Waals surface area contributed by atoms with Crippen LogP contribution in [0.2, 0.25) is 0 Å². The van der Waals surface area contributed by atoms with Gasteiger partial charge in [0.15, 0.2) is 0 Å². The fourth-order valence-electron chi connectivity index (χ4n) is 1.60. The molecule has 0 saturated heterocycles. The molecular formula is C9H10BNO. The lowest BCUT2D eigenvalue weighted by Gasteiger charge is -2.01. The third kappa shape index (κ3) is 1.02. The van der Waals surface area contributed by atoms with Crippen LogP contribution in [-0.2, 0) is 4.79 Å². The van der Waals surface area contributed by atoms with Gasteiger partial charge in [-0.3, -0.25) is 0 Å². The average Bonchev–Trinajstić information content (AvgIpc) is 2.46. The molecule has 0 spiro atoms. The number of hydrogen-bond acceptors (Lipinski definition) is 2. The molecule has 1 aliphatic rings. The Labute approximate surface area is 72.4 Å². The van der Waals surface area contributed by atoms with Crippen molar-refractivity contribution in [1.29, 1.82) is 0 Å². The number of aldehydes is 1. The molecular weight excluding hydrogens is 149 g/mol. The maximum Gasteiger partial charge on any atom is 0.139 e. The van der Waals surface area contributed by atoms with Gasteiger partial charge in [0.2, 0.25) is 0 Å². The van der Waals surface area contributed by atoms with Crippen LogP contribution in [0.4, 0.5) is 5.69 Å². The molecule has 2 nitrogen and oxygen atoms in total. The zero-order chi connectivity index (χ0) is 8.55. The minimum absolute atomic E-state index is 0.0555. The molecule has 60 valence electrons. The second-order valence-electron chi connectivity index (χ2n) is 3.21. The first-order valence-electron chi connectivity index (χ1n) is 4.11. The van der Waals surface area contributed by atoms with Crippen molar-refractivity contribution in [2.45, 2.75) is 5.92 Å². The summed E-state index contributed by atoms with van der Waals surface area (Å²) in [6.45, 7) is 0.752. The first-order chi connectivity index (χ1) is 5.81. The van der Waals surface area contributed by atoms with Gasteiger partial charge >= 0.3 is 0 Å². The van der Waals surface area contributed by atoms with Gasteiger partial charge in [0.25, 0.3) is 0 Å². The van der Waals surface area contributed by atoms with Gasteiger partial charge in [0.1, 0.15) is 14.1 Å². The van der Waals surface area contributed by atoms with E-state index in [1.54, 1.807) is 0 Å². The van der Waals surface area contributed by atoms with E-state index < -0.39 is 0 Å². The van der Waals surface area contributed by atoms with Gasteiger partial charge in [-0.2, -0.15) is 0 Å². The largest absolute Gasteiger partial charge is 0.384 e. The lowest BCUT2D eigenvalue weighted by molar-refractivity contribution is -0.108. The highest BCUT2D eigenvalue weighted by Crippen LogP contribution is 2.28. The zero-order valence-corrected chi connectivity index (χ0v) is 7.00. The Hall–Kier alpha value is -1.25.